The van der Waals surface area contributed by atoms with Gasteiger partial charge in [-0.3, -0.25) is 9.59 Å². The van der Waals surface area contributed by atoms with Crippen LogP contribution in [0, 0.1) is 0 Å². The van der Waals surface area contributed by atoms with E-state index in [0.29, 0.717) is 21.9 Å². The van der Waals surface area contributed by atoms with E-state index in [1.807, 2.05) is 35.7 Å². The number of hydrogen-bond donors (Lipinski definition) is 2. The standard InChI is InChI=1S/C22H20N4O2S/c1-2-14-7-9-15(10-8-14)19-13-29-22(25-19)26-20(27)12-11-18-21(28)24-17-6-4-3-5-16(17)23-18/h3-10,13H,2,11-12H2,1H3,(H,24,28)(H,25,26,27). The minimum absolute atomic E-state index is 0.161. The van der Waals surface area contributed by atoms with Gasteiger partial charge in [0.05, 0.1) is 16.7 Å². The van der Waals surface area contributed by atoms with E-state index in [-0.39, 0.29) is 24.3 Å². The van der Waals surface area contributed by atoms with Crippen LogP contribution in [-0.2, 0) is 17.6 Å². The fourth-order valence-corrected chi connectivity index (χ4v) is 3.76. The molecule has 0 aliphatic carbocycles. The van der Waals surface area contributed by atoms with Gasteiger partial charge in [-0.05, 0) is 24.1 Å². The molecule has 2 aromatic heterocycles. The number of hydrogen-bond acceptors (Lipinski definition) is 5. The maximum absolute atomic E-state index is 12.3. The largest absolute Gasteiger partial charge is 0.319 e. The number of amides is 1. The van der Waals surface area contributed by atoms with Crippen molar-refractivity contribution >= 4 is 33.4 Å². The smallest absolute Gasteiger partial charge is 0.270 e. The number of fused-ring (bicyclic) bond motifs is 1. The molecule has 0 bridgehead atoms. The third kappa shape index (κ3) is 4.41. The summed E-state index contributed by atoms with van der Waals surface area (Å²) in [6, 6.07) is 15.6. The molecule has 4 aromatic rings. The molecule has 29 heavy (non-hydrogen) atoms. The van der Waals surface area contributed by atoms with Crippen LogP contribution in [0.1, 0.15) is 24.6 Å². The number of nitrogens with one attached hydrogen (secondary N) is 2. The second kappa shape index (κ2) is 8.36. The van der Waals surface area contributed by atoms with Crippen molar-refractivity contribution in [2.24, 2.45) is 0 Å². The van der Waals surface area contributed by atoms with Crippen LogP contribution in [-0.4, -0.2) is 20.9 Å². The zero-order valence-corrected chi connectivity index (χ0v) is 16.8. The van der Waals surface area contributed by atoms with Gasteiger partial charge in [0.1, 0.15) is 5.69 Å². The summed E-state index contributed by atoms with van der Waals surface area (Å²) >= 11 is 1.38. The van der Waals surface area contributed by atoms with Crippen LogP contribution in [0.2, 0.25) is 0 Å². The number of benzene rings is 2. The van der Waals surface area contributed by atoms with Gasteiger partial charge in [0, 0.05) is 23.8 Å². The lowest BCUT2D eigenvalue weighted by molar-refractivity contribution is -0.116. The van der Waals surface area contributed by atoms with Gasteiger partial charge >= 0.3 is 0 Å². The molecular weight excluding hydrogens is 384 g/mol. The van der Waals surface area contributed by atoms with Crippen LogP contribution in [0.3, 0.4) is 0 Å². The molecule has 0 unspecified atom stereocenters. The molecule has 2 heterocycles. The van der Waals surface area contributed by atoms with E-state index in [9.17, 15) is 9.59 Å². The van der Waals surface area contributed by atoms with Gasteiger partial charge in [0.2, 0.25) is 5.91 Å². The maximum atomic E-state index is 12.3. The van der Waals surface area contributed by atoms with E-state index in [2.05, 4.69) is 39.3 Å². The van der Waals surface area contributed by atoms with Crippen LogP contribution in [0.15, 0.2) is 58.7 Å². The minimum Gasteiger partial charge on any atom is -0.319 e. The zero-order valence-electron chi connectivity index (χ0n) is 15.9. The molecule has 0 aliphatic heterocycles. The number of para-hydroxylation sites is 2. The molecule has 0 saturated carbocycles. The highest BCUT2D eigenvalue weighted by molar-refractivity contribution is 7.14. The first-order valence-electron chi connectivity index (χ1n) is 9.45. The lowest BCUT2D eigenvalue weighted by Gasteiger charge is -2.03. The summed E-state index contributed by atoms with van der Waals surface area (Å²) in [6.07, 6.45) is 1.42. The number of aryl methyl sites for hydroxylation is 2. The Bertz CT molecular complexity index is 1210. The lowest BCUT2D eigenvalue weighted by Crippen LogP contribution is -2.18. The molecule has 6 nitrogen and oxygen atoms in total. The average molecular weight is 404 g/mol. The molecular formula is C22H20N4O2S. The predicted octanol–water partition coefficient (Wildman–Crippen LogP) is 4.18. The summed E-state index contributed by atoms with van der Waals surface area (Å²) in [4.78, 5) is 36.1. The van der Waals surface area contributed by atoms with Crippen LogP contribution in [0.5, 0.6) is 0 Å². The highest BCUT2D eigenvalue weighted by atomic mass is 32.1. The van der Waals surface area contributed by atoms with Crippen LogP contribution in [0.25, 0.3) is 22.3 Å². The monoisotopic (exact) mass is 404 g/mol. The SMILES string of the molecule is CCc1ccc(-c2csc(NC(=O)CCc3nc4ccccc4[nH]c3=O)n2)cc1. The molecule has 146 valence electrons. The number of aromatic nitrogens is 3. The highest BCUT2D eigenvalue weighted by Crippen LogP contribution is 2.25. The second-order valence-electron chi connectivity index (χ2n) is 6.67. The lowest BCUT2D eigenvalue weighted by atomic mass is 10.1. The maximum Gasteiger partial charge on any atom is 0.270 e. The summed E-state index contributed by atoms with van der Waals surface area (Å²) in [7, 11) is 0. The molecule has 7 heteroatoms. The predicted molar refractivity (Wildman–Crippen MR) is 116 cm³/mol. The van der Waals surface area contributed by atoms with Crippen molar-refractivity contribution in [3.05, 3.63) is 75.5 Å². The van der Waals surface area contributed by atoms with Crippen LogP contribution in [0.4, 0.5) is 5.13 Å². The number of nitrogens with zero attached hydrogens (tertiary/aromatic N) is 2. The number of thiazole rings is 1. The molecule has 2 N–H and O–H groups in total. The molecule has 4 rings (SSSR count). The molecule has 0 radical (unpaired) electrons. The fraction of sp³-hybridized carbons (Fsp3) is 0.182. The first-order valence-corrected chi connectivity index (χ1v) is 10.3. The van der Waals surface area contributed by atoms with E-state index in [4.69, 9.17) is 0 Å². The highest BCUT2D eigenvalue weighted by Gasteiger charge is 2.11. The average Bonchev–Trinajstić information content (AvgIpc) is 3.20. The molecule has 0 fully saturated rings. The molecule has 2 aromatic carbocycles. The normalized spacial score (nSPS) is 10.9. The summed E-state index contributed by atoms with van der Waals surface area (Å²) in [5.74, 6) is -0.193. The van der Waals surface area contributed by atoms with Gasteiger partial charge in [-0.2, -0.15) is 0 Å². The van der Waals surface area contributed by atoms with E-state index in [0.717, 1.165) is 17.7 Å². The first kappa shape index (κ1) is 19.0. The van der Waals surface area contributed by atoms with Crippen molar-refractivity contribution in [1.29, 1.82) is 0 Å². The van der Waals surface area contributed by atoms with E-state index >= 15 is 0 Å². The van der Waals surface area contributed by atoms with Crippen molar-refractivity contribution in [3.63, 3.8) is 0 Å². The van der Waals surface area contributed by atoms with Gasteiger partial charge in [0.25, 0.3) is 5.56 Å². The molecule has 0 saturated heterocycles. The van der Waals surface area contributed by atoms with Crippen molar-refractivity contribution < 1.29 is 4.79 Å². The molecule has 0 aliphatic rings. The Morgan fingerprint density at radius 1 is 1.10 bits per heavy atom. The van der Waals surface area contributed by atoms with Crippen molar-refractivity contribution in [2.75, 3.05) is 5.32 Å². The van der Waals surface area contributed by atoms with Crippen molar-refractivity contribution in [1.82, 2.24) is 15.0 Å². The summed E-state index contributed by atoms with van der Waals surface area (Å²) in [5.41, 5.74) is 4.62. The van der Waals surface area contributed by atoms with Crippen LogP contribution < -0.4 is 10.9 Å². The number of carbonyl (C=O) groups excluding carboxylic acids is 1. The third-order valence-electron chi connectivity index (χ3n) is 4.67. The zero-order chi connectivity index (χ0) is 20.2. The van der Waals surface area contributed by atoms with Gasteiger partial charge in [0.15, 0.2) is 5.13 Å². The third-order valence-corrected chi connectivity index (χ3v) is 5.42. The number of anilines is 1. The van der Waals surface area contributed by atoms with Crippen LogP contribution >= 0.6 is 11.3 Å². The number of carbonyl (C=O) groups is 1. The summed E-state index contributed by atoms with van der Waals surface area (Å²) in [5, 5.41) is 5.28. The molecule has 0 spiro atoms. The topological polar surface area (TPSA) is 87.7 Å². The van der Waals surface area contributed by atoms with E-state index in [1.165, 1.54) is 16.9 Å². The van der Waals surface area contributed by atoms with Gasteiger partial charge in [-0.1, -0.05) is 43.3 Å². The Balaban J connectivity index is 1.39. The van der Waals surface area contributed by atoms with Gasteiger partial charge < -0.3 is 10.3 Å². The Hall–Kier alpha value is -3.32. The first-order chi connectivity index (χ1) is 14.1. The quantitative estimate of drug-likeness (QED) is 0.505. The Labute approximate surface area is 171 Å². The van der Waals surface area contributed by atoms with Gasteiger partial charge in [-0.25, -0.2) is 9.97 Å². The second-order valence-corrected chi connectivity index (χ2v) is 7.52. The minimum atomic E-state index is -0.261. The summed E-state index contributed by atoms with van der Waals surface area (Å²) in [6.45, 7) is 2.12. The number of rotatable bonds is 6. The molecule has 1 amide bonds. The Morgan fingerprint density at radius 3 is 2.69 bits per heavy atom. The summed E-state index contributed by atoms with van der Waals surface area (Å²) < 4.78 is 0. The van der Waals surface area contributed by atoms with Gasteiger partial charge in [-0.15, -0.1) is 11.3 Å². The Morgan fingerprint density at radius 2 is 1.90 bits per heavy atom. The molecule has 0 atom stereocenters. The van der Waals surface area contributed by atoms with Crippen molar-refractivity contribution in [3.8, 4) is 11.3 Å². The number of H-pyrrole nitrogens is 1. The van der Waals surface area contributed by atoms with Crippen molar-refractivity contribution in [2.45, 2.75) is 26.2 Å². The fourth-order valence-electron chi connectivity index (χ4n) is 3.03. The van der Waals surface area contributed by atoms with E-state index in [1.54, 1.807) is 6.07 Å². The number of aromatic amines is 1. The van der Waals surface area contributed by atoms with E-state index < -0.39 is 0 Å². The Kier molecular flexibility index (Phi) is 5.48.